The Bertz CT molecular complexity index is 441. The maximum atomic E-state index is 10.5. The monoisotopic (exact) mass is 253 g/mol. The molecule has 4 heteroatoms. The molecule has 1 aromatic carbocycles. The van der Waals surface area contributed by atoms with Gasteiger partial charge in [-0.1, -0.05) is 17.7 Å². The first-order chi connectivity index (χ1) is 7.91. The molecular weight excluding hydrogens is 238 g/mol. The molecule has 0 bridgehead atoms. The molecule has 0 fully saturated rings. The highest BCUT2D eigenvalue weighted by molar-refractivity contribution is 6.31. The van der Waals surface area contributed by atoms with Crippen LogP contribution in [0.3, 0.4) is 0 Å². The van der Waals surface area contributed by atoms with Gasteiger partial charge < -0.3 is 10.0 Å². The molecule has 0 atom stereocenters. The molecule has 1 N–H and O–H groups in total. The van der Waals surface area contributed by atoms with Gasteiger partial charge in [0.1, 0.15) is 0 Å². The summed E-state index contributed by atoms with van der Waals surface area (Å²) in [4.78, 5) is 12.6. The summed E-state index contributed by atoms with van der Waals surface area (Å²) in [5.41, 5.74) is 1.76. The summed E-state index contributed by atoms with van der Waals surface area (Å²) >= 11 is 5.96. The molecule has 0 aliphatic carbocycles. The summed E-state index contributed by atoms with van der Waals surface area (Å²) in [5, 5.41) is 9.28. The number of rotatable bonds is 4. The van der Waals surface area contributed by atoms with Gasteiger partial charge in [-0.25, -0.2) is 4.79 Å². The largest absolute Gasteiger partial charge is 0.478 e. The van der Waals surface area contributed by atoms with E-state index >= 15 is 0 Å². The molecule has 1 rings (SSSR count). The lowest BCUT2D eigenvalue weighted by atomic mass is 10.1. The van der Waals surface area contributed by atoms with Gasteiger partial charge >= 0.3 is 5.97 Å². The summed E-state index contributed by atoms with van der Waals surface area (Å²) in [7, 11) is 1.95. The fourth-order valence-electron chi connectivity index (χ4n) is 1.40. The normalized spacial score (nSPS) is 11.1. The van der Waals surface area contributed by atoms with E-state index in [4.69, 9.17) is 16.7 Å². The van der Waals surface area contributed by atoms with Gasteiger partial charge in [0.25, 0.3) is 0 Å². The minimum Gasteiger partial charge on any atom is -0.478 e. The number of hydrogen-bond donors (Lipinski definition) is 1. The minimum absolute atomic E-state index is 0.311. The first-order valence-corrected chi connectivity index (χ1v) is 5.73. The Morgan fingerprint density at radius 1 is 1.47 bits per heavy atom. The SMILES string of the molecule is CC(C)N(C)c1cc(Cl)ccc1/C=C/C(=O)O. The van der Waals surface area contributed by atoms with Crippen LogP contribution < -0.4 is 4.90 Å². The third-order valence-corrected chi connectivity index (χ3v) is 2.79. The van der Waals surface area contributed by atoms with E-state index < -0.39 is 5.97 Å². The lowest BCUT2D eigenvalue weighted by molar-refractivity contribution is -0.131. The fourth-order valence-corrected chi connectivity index (χ4v) is 1.57. The number of carbonyl (C=O) groups is 1. The smallest absolute Gasteiger partial charge is 0.328 e. The second-order valence-corrected chi connectivity index (χ2v) is 4.52. The van der Waals surface area contributed by atoms with Gasteiger partial charge in [-0.2, -0.15) is 0 Å². The molecular formula is C13H16ClNO2. The first kappa shape index (κ1) is 13.6. The van der Waals surface area contributed by atoms with Crippen LogP contribution in [0.4, 0.5) is 5.69 Å². The van der Waals surface area contributed by atoms with Crippen molar-refractivity contribution in [1.82, 2.24) is 0 Å². The molecule has 0 radical (unpaired) electrons. The predicted octanol–water partition coefficient (Wildman–Crippen LogP) is 3.28. The van der Waals surface area contributed by atoms with Crippen molar-refractivity contribution in [3.05, 3.63) is 34.9 Å². The molecule has 17 heavy (non-hydrogen) atoms. The molecule has 0 aromatic heterocycles. The van der Waals surface area contributed by atoms with Crippen LogP contribution in [0.2, 0.25) is 5.02 Å². The standard InChI is InChI=1S/C13H16ClNO2/c1-9(2)15(3)12-8-11(14)6-4-10(12)5-7-13(16)17/h4-9H,1-3H3,(H,16,17)/b7-5+. The zero-order valence-corrected chi connectivity index (χ0v) is 10.9. The number of aliphatic carboxylic acids is 1. The van der Waals surface area contributed by atoms with Crippen molar-refractivity contribution in [1.29, 1.82) is 0 Å². The number of halogens is 1. The van der Waals surface area contributed by atoms with E-state index in [9.17, 15) is 4.79 Å². The highest BCUT2D eigenvalue weighted by atomic mass is 35.5. The van der Waals surface area contributed by atoms with E-state index in [-0.39, 0.29) is 0 Å². The highest BCUT2D eigenvalue weighted by Crippen LogP contribution is 2.26. The van der Waals surface area contributed by atoms with Crippen LogP contribution in [-0.2, 0) is 4.79 Å². The Morgan fingerprint density at radius 2 is 2.12 bits per heavy atom. The van der Waals surface area contributed by atoms with E-state index in [1.807, 2.05) is 24.1 Å². The molecule has 0 amide bonds. The highest BCUT2D eigenvalue weighted by Gasteiger charge is 2.09. The van der Waals surface area contributed by atoms with E-state index in [1.165, 1.54) is 0 Å². The van der Waals surface area contributed by atoms with Crippen LogP contribution in [0.25, 0.3) is 6.08 Å². The van der Waals surface area contributed by atoms with Crippen molar-refractivity contribution < 1.29 is 9.90 Å². The van der Waals surface area contributed by atoms with Gasteiger partial charge in [0.2, 0.25) is 0 Å². The second-order valence-electron chi connectivity index (χ2n) is 4.08. The molecule has 0 aliphatic rings. The molecule has 0 saturated carbocycles. The third kappa shape index (κ3) is 3.79. The van der Waals surface area contributed by atoms with Gasteiger partial charge in [0, 0.05) is 29.9 Å². The van der Waals surface area contributed by atoms with E-state index in [2.05, 4.69) is 13.8 Å². The summed E-state index contributed by atoms with van der Waals surface area (Å²) < 4.78 is 0. The van der Waals surface area contributed by atoms with Crippen LogP contribution >= 0.6 is 11.6 Å². The number of carboxylic acid groups (broad SMARTS) is 1. The molecule has 0 saturated heterocycles. The van der Waals surface area contributed by atoms with Crippen molar-refractivity contribution in [2.45, 2.75) is 19.9 Å². The number of nitrogens with zero attached hydrogens (tertiary/aromatic N) is 1. The number of carboxylic acids is 1. The quantitative estimate of drug-likeness (QED) is 0.838. The Balaban J connectivity index is 3.16. The molecule has 0 unspecified atom stereocenters. The van der Waals surface area contributed by atoms with Crippen LogP contribution in [-0.4, -0.2) is 24.2 Å². The maximum absolute atomic E-state index is 10.5. The molecule has 1 aromatic rings. The van der Waals surface area contributed by atoms with Crippen molar-refractivity contribution in [3.63, 3.8) is 0 Å². The summed E-state index contributed by atoms with van der Waals surface area (Å²) in [6.07, 6.45) is 2.70. The molecule has 3 nitrogen and oxygen atoms in total. The fraction of sp³-hybridized carbons (Fsp3) is 0.308. The molecule has 0 heterocycles. The van der Waals surface area contributed by atoms with Crippen molar-refractivity contribution in [3.8, 4) is 0 Å². The topological polar surface area (TPSA) is 40.5 Å². The Labute approximate surface area is 106 Å². The summed E-state index contributed by atoms with van der Waals surface area (Å²) in [6.45, 7) is 4.12. The lowest BCUT2D eigenvalue weighted by Crippen LogP contribution is -2.26. The maximum Gasteiger partial charge on any atom is 0.328 e. The molecule has 92 valence electrons. The number of hydrogen-bond acceptors (Lipinski definition) is 2. The average Bonchev–Trinajstić information content (AvgIpc) is 2.26. The number of benzene rings is 1. The summed E-state index contributed by atoms with van der Waals surface area (Å²) in [6, 6.07) is 5.71. The van der Waals surface area contributed by atoms with Gasteiger partial charge in [0.15, 0.2) is 0 Å². The van der Waals surface area contributed by atoms with Crippen LogP contribution in [0.5, 0.6) is 0 Å². The van der Waals surface area contributed by atoms with E-state index in [0.717, 1.165) is 17.3 Å². The van der Waals surface area contributed by atoms with Crippen LogP contribution in [0.1, 0.15) is 19.4 Å². The Morgan fingerprint density at radius 3 is 2.65 bits per heavy atom. The van der Waals surface area contributed by atoms with Gasteiger partial charge in [-0.15, -0.1) is 0 Å². The van der Waals surface area contributed by atoms with E-state index in [1.54, 1.807) is 12.1 Å². The lowest BCUT2D eigenvalue weighted by Gasteiger charge is -2.25. The predicted molar refractivity (Wildman–Crippen MR) is 71.7 cm³/mol. The number of anilines is 1. The van der Waals surface area contributed by atoms with Gasteiger partial charge in [-0.05, 0) is 37.6 Å². The Hall–Kier alpha value is -1.48. The van der Waals surface area contributed by atoms with Gasteiger partial charge in [0.05, 0.1) is 0 Å². The molecule has 0 spiro atoms. The average molecular weight is 254 g/mol. The van der Waals surface area contributed by atoms with Crippen LogP contribution in [0.15, 0.2) is 24.3 Å². The minimum atomic E-state index is -0.960. The van der Waals surface area contributed by atoms with E-state index in [0.29, 0.717) is 11.1 Å². The molecule has 0 aliphatic heterocycles. The van der Waals surface area contributed by atoms with Crippen molar-refractivity contribution in [2.75, 3.05) is 11.9 Å². The van der Waals surface area contributed by atoms with Crippen LogP contribution in [0, 0.1) is 0 Å². The zero-order valence-electron chi connectivity index (χ0n) is 10.1. The summed E-state index contributed by atoms with van der Waals surface area (Å²) in [5.74, 6) is -0.960. The second kappa shape index (κ2) is 5.73. The third-order valence-electron chi connectivity index (χ3n) is 2.55. The van der Waals surface area contributed by atoms with Crippen molar-refractivity contribution in [2.24, 2.45) is 0 Å². The zero-order chi connectivity index (χ0) is 13.0. The first-order valence-electron chi connectivity index (χ1n) is 5.35. The van der Waals surface area contributed by atoms with Gasteiger partial charge in [-0.3, -0.25) is 0 Å². The van der Waals surface area contributed by atoms with Crippen molar-refractivity contribution >= 4 is 29.3 Å². The Kier molecular flexibility index (Phi) is 4.58.